The van der Waals surface area contributed by atoms with Gasteiger partial charge in [0.25, 0.3) is 0 Å². The average Bonchev–Trinajstić information content (AvgIpc) is 2.47. The van der Waals surface area contributed by atoms with Crippen molar-refractivity contribution in [1.29, 1.82) is 0 Å². The fourth-order valence-electron chi connectivity index (χ4n) is 1.98. The van der Waals surface area contributed by atoms with Gasteiger partial charge >= 0.3 is 0 Å². The smallest absolute Gasteiger partial charge is 0.220 e. The topological polar surface area (TPSA) is 46.2 Å². The Labute approximate surface area is 91.6 Å². The number of amides is 1. The van der Waals surface area contributed by atoms with Crippen LogP contribution in [0.5, 0.6) is 0 Å². The van der Waals surface area contributed by atoms with Gasteiger partial charge in [0, 0.05) is 25.3 Å². The first kappa shape index (κ1) is 12.2. The largest absolute Gasteiger partial charge is 0.356 e. The van der Waals surface area contributed by atoms with Gasteiger partial charge in [-0.2, -0.15) is 0 Å². The molecule has 0 aromatic rings. The monoisotopic (exact) mass is 211 g/mol. The number of ketones is 1. The SMILES string of the molecule is CC(C)CNC(=O)C[C@@H]1CCC(=O)[C@H]1C. The van der Waals surface area contributed by atoms with Crippen LogP contribution in [0.2, 0.25) is 0 Å². The average molecular weight is 211 g/mol. The number of Topliss-reactive ketones (excluding diaryl/α,β-unsaturated/α-hetero) is 1. The predicted molar refractivity (Wildman–Crippen MR) is 59.4 cm³/mol. The minimum absolute atomic E-state index is 0.0785. The van der Waals surface area contributed by atoms with Crippen molar-refractivity contribution in [2.24, 2.45) is 17.8 Å². The Bertz CT molecular complexity index is 248. The molecule has 1 saturated carbocycles. The molecule has 1 N–H and O–H groups in total. The molecule has 1 aliphatic rings. The third kappa shape index (κ3) is 3.65. The summed E-state index contributed by atoms with van der Waals surface area (Å²) in [4.78, 5) is 22.8. The molecular weight excluding hydrogens is 190 g/mol. The third-order valence-electron chi connectivity index (χ3n) is 3.13. The lowest BCUT2D eigenvalue weighted by Gasteiger charge is -2.14. The van der Waals surface area contributed by atoms with E-state index in [0.29, 0.717) is 24.5 Å². The highest BCUT2D eigenvalue weighted by Gasteiger charge is 2.31. The molecule has 1 fully saturated rings. The Morgan fingerprint density at radius 3 is 2.67 bits per heavy atom. The van der Waals surface area contributed by atoms with E-state index in [2.05, 4.69) is 19.2 Å². The zero-order valence-corrected chi connectivity index (χ0v) is 9.88. The lowest BCUT2D eigenvalue weighted by molar-refractivity contribution is -0.123. The van der Waals surface area contributed by atoms with Crippen LogP contribution in [0.15, 0.2) is 0 Å². The molecule has 0 bridgehead atoms. The lowest BCUT2D eigenvalue weighted by atomic mass is 9.94. The van der Waals surface area contributed by atoms with Gasteiger partial charge in [0.15, 0.2) is 0 Å². The van der Waals surface area contributed by atoms with Crippen molar-refractivity contribution in [2.75, 3.05) is 6.54 Å². The molecule has 0 radical (unpaired) electrons. The Balaban J connectivity index is 2.29. The van der Waals surface area contributed by atoms with E-state index in [0.717, 1.165) is 13.0 Å². The quantitative estimate of drug-likeness (QED) is 0.770. The zero-order valence-electron chi connectivity index (χ0n) is 9.88. The van der Waals surface area contributed by atoms with E-state index in [1.165, 1.54) is 0 Å². The summed E-state index contributed by atoms with van der Waals surface area (Å²) in [5.41, 5.74) is 0. The summed E-state index contributed by atoms with van der Waals surface area (Å²) in [5, 5.41) is 2.89. The maximum atomic E-state index is 11.5. The molecule has 3 heteroatoms. The zero-order chi connectivity index (χ0) is 11.4. The van der Waals surface area contributed by atoms with Gasteiger partial charge in [-0.1, -0.05) is 20.8 Å². The van der Waals surface area contributed by atoms with Crippen molar-refractivity contribution in [3.05, 3.63) is 0 Å². The number of carbonyl (C=O) groups is 2. The second-order valence-corrected chi connectivity index (χ2v) is 4.96. The summed E-state index contributed by atoms with van der Waals surface area (Å²) >= 11 is 0. The highest BCUT2D eigenvalue weighted by Crippen LogP contribution is 2.30. The van der Waals surface area contributed by atoms with Gasteiger partial charge in [0.1, 0.15) is 5.78 Å². The summed E-state index contributed by atoms with van der Waals surface area (Å²) < 4.78 is 0. The Morgan fingerprint density at radius 1 is 1.53 bits per heavy atom. The maximum Gasteiger partial charge on any atom is 0.220 e. The molecular formula is C12H21NO2. The number of rotatable bonds is 4. The minimum atomic E-state index is 0.0785. The number of nitrogens with one attached hydrogen (secondary N) is 1. The van der Waals surface area contributed by atoms with Crippen molar-refractivity contribution in [1.82, 2.24) is 5.32 Å². The highest BCUT2D eigenvalue weighted by atomic mass is 16.1. The van der Waals surface area contributed by atoms with Crippen LogP contribution in [-0.4, -0.2) is 18.2 Å². The van der Waals surface area contributed by atoms with E-state index in [1.54, 1.807) is 0 Å². The van der Waals surface area contributed by atoms with Crippen LogP contribution in [-0.2, 0) is 9.59 Å². The first-order chi connectivity index (χ1) is 7.00. The fourth-order valence-corrected chi connectivity index (χ4v) is 1.98. The molecule has 0 aliphatic heterocycles. The van der Waals surface area contributed by atoms with Crippen LogP contribution in [0.4, 0.5) is 0 Å². The molecule has 86 valence electrons. The standard InChI is InChI=1S/C12H21NO2/c1-8(2)7-13-12(15)6-10-4-5-11(14)9(10)3/h8-10H,4-7H2,1-3H3,(H,13,15)/t9-,10-/m0/s1. The molecule has 2 atom stereocenters. The van der Waals surface area contributed by atoms with Crippen LogP contribution in [0.1, 0.15) is 40.0 Å². The Morgan fingerprint density at radius 2 is 2.20 bits per heavy atom. The molecule has 3 nitrogen and oxygen atoms in total. The van der Waals surface area contributed by atoms with Crippen LogP contribution >= 0.6 is 0 Å². The van der Waals surface area contributed by atoms with Crippen LogP contribution < -0.4 is 5.32 Å². The van der Waals surface area contributed by atoms with Crippen molar-refractivity contribution in [3.63, 3.8) is 0 Å². The number of hydrogen-bond donors (Lipinski definition) is 1. The van der Waals surface area contributed by atoms with Crippen molar-refractivity contribution >= 4 is 11.7 Å². The maximum absolute atomic E-state index is 11.5. The molecule has 1 amide bonds. The number of hydrogen-bond acceptors (Lipinski definition) is 2. The van der Waals surface area contributed by atoms with E-state index in [4.69, 9.17) is 0 Å². The minimum Gasteiger partial charge on any atom is -0.356 e. The van der Waals surface area contributed by atoms with E-state index in [1.807, 2.05) is 6.92 Å². The van der Waals surface area contributed by atoms with Gasteiger partial charge < -0.3 is 5.32 Å². The van der Waals surface area contributed by atoms with Gasteiger partial charge in [0.05, 0.1) is 0 Å². The molecule has 0 saturated heterocycles. The van der Waals surface area contributed by atoms with E-state index >= 15 is 0 Å². The van der Waals surface area contributed by atoms with Crippen molar-refractivity contribution in [3.8, 4) is 0 Å². The summed E-state index contributed by atoms with van der Waals surface area (Å²) in [6, 6.07) is 0. The molecule has 0 aromatic heterocycles. The highest BCUT2D eigenvalue weighted by molar-refractivity contribution is 5.84. The Hall–Kier alpha value is -0.860. The summed E-state index contributed by atoms with van der Waals surface area (Å²) in [6.07, 6.45) is 2.05. The molecule has 1 aliphatic carbocycles. The normalized spacial score (nSPS) is 26.0. The molecule has 0 heterocycles. The third-order valence-corrected chi connectivity index (χ3v) is 3.13. The molecule has 0 aromatic carbocycles. The first-order valence-electron chi connectivity index (χ1n) is 5.80. The first-order valence-corrected chi connectivity index (χ1v) is 5.80. The Kier molecular flexibility index (Phi) is 4.30. The van der Waals surface area contributed by atoms with Gasteiger partial charge in [0.2, 0.25) is 5.91 Å². The summed E-state index contributed by atoms with van der Waals surface area (Å²) in [7, 11) is 0. The predicted octanol–water partition coefficient (Wildman–Crippen LogP) is 1.76. The van der Waals surface area contributed by atoms with Gasteiger partial charge in [-0.05, 0) is 18.3 Å². The molecule has 0 spiro atoms. The van der Waals surface area contributed by atoms with Crippen LogP contribution in [0.3, 0.4) is 0 Å². The van der Waals surface area contributed by atoms with E-state index in [9.17, 15) is 9.59 Å². The molecule has 15 heavy (non-hydrogen) atoms. The van der Waals surface area contributed by atoms with E-state index in [-0.39, 0.29) is 17.7 Å². The van der Waals surface area contributed by atoms with E-state index < -0.39 is 0 Å². The molecule has 1 rings (SSSR count). The number of carbonyl (C=O) groups excluding carboxylic acids is 2. The van der Waals surface area contributed by atoms with Gasteiger partial charge in [-0.3, -0.25) is 9.59 Å². The van der Waals surface area contributed by atoms with Gasteiger partial charge in [-0.15, -0.1) is 0 Å². The molecule has 0 unspecified atom stereocenters. The van der Waals surface area contributed by atoms with Crippen molar-refractivity contribution < 1.29 is 9.59 Å². The lowest BCUT2D eigenvalue weighted by Crippen LogP contribution is -2.29. The second-order valence-electron chi connectivity index (χ2n) is 4.96. The second kappa shape index (κ2) is 5.29. The fraction of sp³-hybridized carbons (Fsp3) is 0.833. The summed E-state index contributed by atoms with van der Waals surface area (Å²) in [5.74, 6) is 1.24. The summed E-state index contributed by atoms with van der Waals surface area (Å²) in [6.45, 7) is 6.81. The van der Waals surface area contributed by atoms with Gasteiger partial charge in [-0.25, -0.2) is 0 Å². The van der Waals surface area contributed by atoms with Crippen LogP contribution in [0, 0.1) is 17.8 Å². The van der Waals surface area contributed by atoms with Crippen molar-refractivity contribution in [2.45, 2.75) is 40.0 Å². The van der Waals surface area contributed by atoms with Crippen LogP contribution in [0.25, 0.3) is 0 Å².